The molecule has 0 radical (unpaired) electrons. The van der Waals surface area contributed by atoms with Crippen LogP contribution < -0.4 is 0 Å². The summed E-state index contributed by atoms with van der Waals surface area (Å²) >= 11 is 5.62. The number of carbonyl (C=O) groups is 1. The Hall–Kier alpha value is -1.04. The first kappa shape index (κ1) is 14.4. The Balaban J connectivity index is 1.95. The minimum Gasteiger partial charge on any atom is -0.456 e. The predicted molar refractivity (Wildman–Crippen MR) is 68.4 cm³/mol. The third-order valence-corrected chi connectivity index (χ3v) is 3.50. The summed E-state index contributed by atoms with van der Waals surface area (Å²) < 4.78 is 21.1. The fraction of sp³-hybridized carbons (Fsp3) is 0.615. The maximum absolute atomic E-state index is 11.9. The lowest BCUT2D eigenvalue weighted by Gasteiger charge is -2.32. The first-order valence-electron chi connectivity index (χ1n) is 6.14. The molecule has 6 heteroatoms. The van der Waals surface area contributed by atoms with Crippen LogP contribution in [0.25, 0.3) is 0 Å². The lowest BCUT2D eigenvalue weighted by Crippen LogP contribution is -2.37. The van der Waals surface area contributed by atoms with Crippen LogP contribution in [-0.2, 0) is 14.2 Å². The van der Waals surface area contributed by atoms with Gasteiger partial charge in [-0.05, 0) is 23.7 Å². The predicted octanol–water partition coefficient (Wildman–Crippen LogP) is 2.67. The molecule has 1 aliphatic rings. The van der Waals surface area contributed by atoms with Crippen molar-refractivity contribution in [2.45, 2.75) is 37.6 Å². The van der Waals surface area contributed by atoms with Crippen LogP contribution in [0, 0.1) is 0 Å². The van der Waals surface area contributed by atoms with Crippen LogP contribution in [0.15, 0.2) is 16.5 Å². The number of furan rings is 1. The number of carbonyl (C=O) groups excluding carboxylic acids is 1. The molecule has 5 nitrogen and oxygen atoms in total. The average molecular weight is 289 g/mol. The number of methoxy groups -OCH3 is 2. The van der Waals surface area contributed by atoms with Crippen LogP contribution in [0.1, 0.15) is 29.8 Å². The SMILES string of the molecule is CO[C@@H]1CC(OC(=O)c2ccc(Cl)o2)C[C@H](OC)C1. The van der Waals surface area contributed by atoms with E-state index in [1.807, 2.05) is 0 Å². The Morgan fingerprint density at radius 3 is 2.21 bits per heavy atom. The first-order chi connectivity index (χ1) is 9.12. The van der Waals surface area contributed by atoms with E-state index in [2.05, 4.69) is 0 Å². The molecule has 1 aromatic heterocycles. The van der Waals surface area contributed by atoms with Crippen molar-refractivity contribution < 1.29 is 23.4 Å². The molecule has 0 bridgehead atoms. The highest BCUT2D eigenvalue weighted by Gasteiger charge is 2.32. The first-order valence-corrected chi connectivity index (χ1v) is 6.52. The molecule has 0 amide bonds. The van der Waals surface area contributed by atoms with Crippen molar-refractivity contribution in [3.05, 3.63) is 23.1 Å². The van der Waals surface area contributed by atoms with E-state index < -0.39 is 5.97 Å². The summed E-state index contributed by atoms with van der Waals surface area (Å²) in [6.07, 6.45) is 1.98. The number of hydrogen-bond acceptors (Lipinski definition) is 5. The Labute approximate surface area is 116 Å². The highest BCUT2D eigenvalue weighted by molar-refractivity contribution is 6.29. The normalized spacial score (nSPS) is 27.2. The largest absolute Gasteiger partial charge is 0.456 e. The summed E-state index contributed by atoms with van der Waals surface area (Å²) in [5, 5.41) is 0.167. The Morgan fingerprint density at radius 2 is 1.74 bits per heavy atom. The second-order valence-corrected chi connectivity index (χ2v) is 4.93. The molecule has 0 aliphatic heterocycles. The van der Waals surface area contributed by atoms with E-state index in [1.165, 1.54) is 12.1 Å². The molecule has 0 saturated heterocycles. The van der Waals surface area contributed by atoms with E-state index in [-0.39, 0.29) is 29.3 Å². The lowest BCUT2D eigenvalue weighted by molar-refractivity contribution is -0.0664. The molecule has 1 unspecified atom stereocenters. The van der Waals surface area contributed by atoms with E-state index >= 15 is 0 Å². The van der Waals surface area contributed by atoms with Gasteiger partial charge >= 0.3 is 5.97 Å². The molecule has 1 aromatic rings. The third kappa shape index (κ3) is 3.72. The van der Waals surface area contributed by atoms with E-state index in [1.54, 1.807) is 14.2 Å². The highest BCUT2D eigenvalue weighted by atomic mass is 35.5. The summed E-state index contributed by atoms with van der Waals surface area (Å²) in [7, 11) is 3.29. The van der Waals surface area contributed by atoms with Gasteiger partial charge in [-0.1, -0.05) is 0 Å². The van der Waals surface area contributed by atoms with Gasteiger partial charge in [0.2, 0.25) is 5.76 Å². The molecule has 2 rings (SSSR count). The smallest absolute Gasteiger partial charge is 0.374 e. The van der Waals surface area contributed by atoms with Gasteiger partial charge in [-0.2, -0.15) is 0 Å². The molecule has 0 aromatic carbocycles. The molecule has 0 N–H and O–H groups in total. The lowest BCUT2D eigenvalue weighted by atomic mass is 9.92. The van der Waals surface area contributed by atoms with Crippen LogP contribution in [0.3, 0.4) is 0 Å². The fourth-order valence-corrected chi connectivity index (χ4v) is 2.43. The molecule has 19 heavy (non-hydrogen) atoms. The number of ether oxygens (including phenoxy) is 3. The summed E-state index contributed by atoms with van der Waals surface area (Å²) in [6.45, 7) is 0. The van der Waals surface area contributed by atoms with Gasteiger partial charge in [0.1, 0.15) is 6.10 Å². The van der Waals surface area contributed by atoms with Crippen molar-refractivity contribution in [2.75, 3.05) is 14.2 Å². The van der Waals surface area contributed by atoms with Gasteiger partial charge in [-0.25, -0.2) is 4.79 Å². The van der Waals surface area contributed by atoms with Crippen molar-refractivity contribution >= 4 is 17.6 Å². The number of rotatable bonds is 4. The Bertz CT molecular complexity index is 418. The van der Waals surface area contributed by atoms with Crippen LogP contribution in [0.4, 0.5) is 0 Å². The van der Waals surface area contributed by atoms with Gasteiger partial charge in [0.05, 0.1) is 12.2 Å². The minimum absolute atomic E-state index is 0.0386. The zero-order valence-corrected chi connectivity index (χ0v) is 11.7. The van der Waals surface area contributed by atoms with Gasteiger partial charge < -0.3 is 18.6 Å². The van der Waals surface area contributed by atoms with Crippen molar-refractivity contribution in [3.63, 3.8) is 0 Å². The van der Waals surface area contributed by atoms with E-state index in [9.17, 15) is 4.79 Å². The van der Waals surface area contributed by atoms with Gasteiger partial charge in [-0.15, -0.1) is 0 Å². The second-order valence-electron chi connectivity index (χ2n) is 4.55. The Morgan fingerprint density at radius 1 is 1.16 bits per heavy atom. The fourth-order valence-electron chi connectivity index (χ4n) is 2.28. The van der Waals surface area contributed by atoms with E-state index in [0.29, 0.717) is 12.8 Å². The van der Waals surface area contributed by atoms with Crippen molar-refractivity contribution in [3.8, 4) is 0 Å². The molecule has 106 valence electrons. The standard InChI is InChI=1S/C13H17ClO5/c1-16-8-5-9(17-2)7-10(6-8)18-13(15)11-3-4-12(14)19-11/h3-4,8-10H,5-7H2,1-2H3/t8-,9+,10?. The van der Waals surface area contributed by atoms with E-state index in [0.717, 1.165) is 6.42 Å². The molecule has 1 heterocycles. The monoisotopic (exact) mass is 288 g/mol. The summed E-state index contributed by atoms with van der Waals surface area (Å²) in [6, 6.07) is 3.00. The quantitative estimate of drug-likeness (QED) is 0.797. The molecule has 1 saturated carbocycles. The zero-order valence-electron chi connectivity index (χ0n) is 10.9. The number of halogens is 1. The average Bonchev–Trinajstić information content (AvgIpc) is 2.85. The van der Waals surface area contributed by atoms with Crippen LogP contribution in [-0.4, -0.2) is 38.5 Å². The molecule has 1 fully saturated rings. The van der Waals surface area contributed by atoms with Crippen molar-refractivity contribution in [1.82, 2.24) is 0 Å². The maximum Gasteiger partial charge on any atom is 0.374 e. The molecule has 1 aliphatic carbocycles. The summed E-state index contributed by atoms with van der Waals surface area (Å²) in [5.41, 5.74) is 0. The molecular formula is C13H17ClO5. The van der Waals surface area contributed by atoms with Crippen molar-refractivity contribution in [1.29, 1.82) is 0 Å². The second kappa shape index (κ2) is 6.41. The topological polar surface area (TPSA) is 57.9 Å². The summed E-state index contributed by atoms with van der Waals surface area (Å²) in [4.78, 5) is 11.9. The maximum atomic E-state index is 11.9. The Kier molecular flexibility index (Phi) is 4.85. The van der Waals surface area contributed by atoms with Gasteiger partial charge in [0, 0.05) is 33.5 Å². The number of esters is 1. The number of hydrogen-bond donors (Lipinski definition) is 0. The highest BCUT2D eigenvalue weighted by Crippen LogP contribution is 2.26. The summed E-state index contributed by atoms with van der Waals surface area (Å²) in [5.74, 6) is -0.401. The van der Waals surface area contributed by atoms with Crippen molar-refractivity contribution in [2.24, 2.45) is 0 Å². The molecule has 0 spiro atoms. The van der Waals surface area contributed by atoms with Crippen LogP contribution >= 0.6 is 11.6 Å². The van der Waals surface area contributed by atoms with Gasteiger partial charge in [-0.3, -0.25) is 0 Å². The van der Waals surface area contributed by atoms with Crippen LogP contribution in [0.2, 0.25) is 5.22 Å². The van der Waals surface area contributed by atoms with Gasteiger partial charge in [0.25, 0.3) is 0 Å². The molecular weight excluding hydrogens is 272 g/mol. The van der Waals surface area contributed by atoms with Crippen LogP contribution in [0.5, 0.6) is 0 Å². The molecule has 3 atom stereocenters. The minimum atomic E-state index is -0.511. The van der Waals surface area contributed by atoms with E-state index in [4.69, 9.17) is 30.2 Å². The third-order valence-electron chi connectivity index (χ3n) is 3.29. The zero-order chi connectivity index (χ0) is 13.8. The van der Waals surface area contributed by atoms with Gasteiger partial charge in [0.15, 0.2) is 5.22 Å².